The number of nitrogens with one attached hydrogen (secondary N) is 1. The molecule has 8 heteroatoms. The molecule has 180 valence electrons. The monoisotopic (exact) mass is 461 g/mol. The molecule has 1 saturated heterocycles. The van der Waals surface area contributed by atoms with Gasteiger partial charge in [-0.25, -0.2) is 4.98 Å². The van der Waals surface area contributed by atoms with Crippen LogP contribution in [0.1, 0.15) is 49.3 Å². The van der Waals surface area contributed by atoms with E-state index in [1.807, 2.05) is 6.33 Å². The molecule has 0 atom stereocenters. The second kappa shape index (κ2) is 9.88. The first-order chi connectivity index (χ1) is 16.8. The van der Waals surface area contributed by atoms with Crippen molar-refractivity contribution in [1.82, 2.24) is 24.4 Å². The summed E-state index contributed by atoms with van der Waals surface area (Å²) in [5, 5.41) is 3.61. The van der Waals surface area contributed by atoms with Gasteiger partial charge in [-0.05, 0) is 30.4 Å². The highest BCUT2D eigenvalue weighted by Gasteiger charge is 2.24. The van der Waals surface area contributed by atoms with E-state index in [9.17, 15) is 0 Å². The third-order valence-electron chi connectivity index (χ3n) is 7.62. The van der Waals surface area contributed by atoms with Crippen LogP contribution in [-0.2, 0) is 17.7 Å². The van der Waals surface area contributed by atoms with Crippen LogP contribution in [0, 0.1) is 0 Å². The van der Waals surface area contributed by atoms with E-state index < -0.39 is 0 Å². The number of aromatic nitrogens is 4. The molecule has 2 aliphatic heterocycles. The molecule has 1 N–H and O–H groups in total. The molecule has 0 radical (unpaired) electrons. The smallest absolute Gasteiger partial charge is 0.229 e. The lowest BCUT2D eigenvalue weighted by Gasteiger charge is -2.29. The Morgan fingerprint density at radius 3 is 2.65 bits per heavy atom. The van der Waals surface area contributed by atoms with Gasteiger partial charge in [0, 0.05) is 45.3 Å². The average molecular weight is 462 g/mol. The fourth-order valence-corrected chi connectivity index (χ4v) is 5.62. The van der Waals surface area contributed by atoms with E-state index in [0.29, 0.717) is 6.04 Å². The van der Waals surface area contributed by atoms with Crippen LogP contribution < -0.4 is 10.2 Å². The molecular formula is C26H35N7O. The van der Waals surface area contributed by atoms with Crippen LogP contribution in [-0.4, -0.2) is 70.4 Å². The number of hydrogen-bond donors (Lipinski definition) is 1. The number of benzene rings is 1. The Morgan fingerprint density at radius 2 is 1.79 bits per heavy atom. The van der Waals surface area contributed by atoms with Gasteiger partial charge < -0.3 is 19.5 Å². The topological polar surface area (TPSA) is 71.3 Å². The Hall–Kier alpha value is -2.71. The van der Waals surface area contributed by atoms with Crippen molar-refractivity contribution in [1.29, 1.82) is 0 Å². The van der Waals surface area contributed by atoms with Crippen molar-refractivity contribution >= 4 is 22.9 Å². The van der Waals surface area contributed by atoms with Gasteiger partial charge in [-0.2, -0.15) is 9.97 Å². The molecule has 3 aliphatic rings. The number of morpholine rings is 1. The van der Waals surface area contributed by atoms with Crippen molar-refractivity contribution in [2.24, 2.45) is 0 Å². The van der Waals surface area contributed by atoms with Crippen molar-refractivity contribution in [3.05, 3.63) is 41.7 Å². The fraction of sp³-hybridized carbons (Fsp3) is 0.577. The number of imidazole rings is 1. The molecule has 0 amide bonds. The number of rotatable bonds is 6. The van der Waals surface area contributed by atoms with Gasteiger partial charge >= 0.3 is 0 Å². The molecule has 34 heavy (non-hydrogen) atoms. The van der Waals surface area contributed by atoms with Crippen molar-refractivity contribution < 1.29 is 4.74 Å². The normalized spacial score (nSPS) is 19.9. The molecule has 2 fully saturated rings. The predicted molar refractivity (Wildman–Crippen MR) is 134 cm³/mol. The van der Waals surface area contributed by atoms with Gasteiger partial charge in [0.15, 0.2) is 17.0 Å². The summed E-state index contributed by atoms with van der Waals surface area (Å²) in [4.78, 5) is 19.7. The highest BCUT2D eigenvalue weighted by molar-refractivity contribution is 5.84. The zero-order chi connectivity index (χ0) is 22.7. The summed E-state index contributed by atoms with van der Waals surface area (Å²) in [5.41, 5.74) is 4.69. The highest BCUT2D eigenvalue weighted by atomic mass is 16.5. The SMILES string of the molecule is c1ccc2c(c1)CCN(c1nc(NCCN3CCOCC3)c3ncn(C4CCCCC4)c3n1)C2. The number of fused-ring (bicyclic) bond motifs is 2. The highest BCUT2D eigenvalue weighted by Crippen LogP contribution is 2.33. The van der Waals surface area contributed by atoms with E-state index in [0.717, 1.165) is 81.8 Å². The second-order valence-corrected chi connectivity index (χ2v) is 9.81. The largest absolute Gasteiger partial charge is 0.379 e. The van der Waals surface area contributed by atoms with Crippen molar-refractivity contribution in [3.8, 4) is 0 Å². The van der Waals surface area contributed by atoms with E-state index >= 15 is 0 Å². The van der Waals surface area contributed by atoms with Crippen LogP contribution in [0.3, 0.4) is 0 Å². The third-order valence-corrected chi connectivity index (χ3v) is 7.62. The first kappa shape index (κ1) is 21.8. The summed E-state index contributed by atoms with van der Waals surface area (Å²) < 4.78 is 7.81. The summed E-state index contributed by atoms with van der Waals surface area (Å²) in [6, 6.07) is 9.23. The molecule has 8 nitrogen and oxygen atoms in total. The minimum atomic E-state index is 0.491. The van der Waals surface area contributed by atoms with Crippen LogP contribution >= 0.6 is 0 Å². The number of nitrogens with zero attached hydrogens (tertiary/aromatic N) is 6. The van der Waals surface area contributed by atoms with Gasteiger partial charge in [-0.3, -0.25) is 4.90 Å². The van der Waals surface area contributed by atoms with Gasteiger partial charge in [0.25, 0.3) is 0 Å². The van der Waals surface area contributed by atoms with Crippen LogP contribution in [0.2, 0.25) is 0 Å². The number of ether oxygens (including phenoxy) is 1. The van der Waals surface area contributed by atoms with Crippen LogP contribution in [0.5, 0.6) is 0 Å². The zero-order valence-electron chi connectivity index (χ0n) is 20.0. The maximum absolute atomic E-state index is 5.49. The lowest BCUT2D eigenvalue weighted by molar-refractivity contribution is 0.0398. The van der Waals surface area contributed by atoms with E-state index in [2.05, 4.69) is 43.9 Å². The van der Waals surface area contributed by atoms with E-state index in [-0.39, 0.29) is 0 Å². The molecule has 0 unspecified atom stereocenters. The third kappa shape index (κ3) is 4.49. The quantitative estimate of drug-likeness (QED) is 0.601. The summed E-state index contributed by atoms with van der Waals surface area (Å²) in [6.07, 6.45) is 9.36. The molecule has 4 heterocycles. The van der Waals surface area contributed by atoms with Crippen LogP contribution in [0.15, 0.2) is 30.6 Å². The summed E-state index contributed by atoms with van der Waals surface area (Å²) in [6.45, 7) is 7.24. The van der Waals surface area contributed by atoms with Gasteiger partial charge in [-0.15, -0.1) is 0 Å². The molecule has 1 saturated carbocycles. The zero-order valence-corrected chi connectivity index (χ0v) is 20.0. The van der Waals surface area contributed by atoms with Crippen molar-refractivity contribution in [3.63, 3.8) is 0 Å². The molecule has 6 rings (SSSR count). The van der Waals surface area contributed by atoms with E-state index in [4.69, 9.17) is 19.7 Å². The Balaban J connectivity index is 1.30. The van der Waals surface area contributed by atoms with Crippen LogP contribution in [0.4, 0.5) is 11.8 Å². The van der Waals surface area contributed by atoms with Gasteiger partial charge in [-0.1, -0.05) is 43.5 Å². The number of hydrogen-bond acceptors (Lipinski definition) is 7. The Bertz CT molecular complexity index is 1120. The minimum Gasteiger partial charge on any atom is -0.379 e. The van der Waals surface area contributed by atoms with E-state index in [1.165, 1.54) is 43.2 Å². The van der Waals surface area contributed by atoms with Gasteiger partial charge in [0.1, 0.15) is 0 Å². The maximum Gasteiger partial charge on any atom is 0.229 e. The van der Waals surface area contributed by atoms with Gasteiger partial charge in [0.2, 0.25) is 5.95 Å². The molecular weight excluding hydrogens is 426 g/mol. The lowest BCUT2D eigenvalue weighted by Crippen LogP contribution is -2.39. The average Bonchev–Trinajstić information content (AvgIpc) is 3.34. The molecule has 0 bridgehead atoms. The lowest BCUT2D eigenvalue weighted by atomic mass is 9.95. The number of anilines is 2. The standard InChI is InChI=1S/C26H35N7O/c1-2-8-22(9-3-1)33-19-28-23-24(27-11-13-31-14-16-34-17-15-31)29-26(30-25(23)33)32-12-10-20-6-4-5-7-21(20)18-32/h4-7,19,22H,1-3,8-18H2,(H,27,29,30). The first-order valence-corrected chi connectivity index (χ1v) is 13.0. The van der Waals surface area contributed by atoms with Gasteiger partial charge in [0.05, 0.1) is 19.5 Å². The summed E-state index contributed by atoms with van der Waals surface area (Å²) >= 11 is 0. The fourth-order valence-electron chi connectivity index (χ4n) is 5.62. The minimum absolute atomic E-state index is 0.491. The van der Waals surface area contributed by atoms with Crippen LogP contribution in [0.25, 0.3) is 11.2 Å². The first-order valence-electron chi connectivity index (χ1n) is 13.0. The predicted octanol–water partition coefficient (Wildman–Crippen LogP) is 3.64. The molecule has 1 aliphatic carbocycles. The Kier molecular flexibility index (Phi) is 6.33. The maximum atomic E-state index is 5.49. The molecule has 0 spiro atoms. The molecule has 3 aromatic rings. The summed E-state index contributed by atoms with van der Waals surface area (Å²) in [5.74, 6) is 1.68. The van der Waals surface area contributed by atoms with Crippen molar-refractivity contribution in [2.75, 3.05) is 56.2 Å². The molecule has 1 aromatic carbocycles. The summed E-state index contributed by atoms with van der Waals surface area (Å²) in [7, 11) is 0. The Labute approximate surface area is 201 Å². The second-order valence-electron chi connectivity index (χ2n) is 9.81. The van der Waals surface area contributed by atoms with Crippen molar-refractivity contribution in [2.45, 2.75) is 51.1 Å². The van der Waals surface area contributed by atoms with E-state index in [1.54, 1.807) is 0 Å². The molecule has 2 aromatic heterocycles. The Morgan fingerprint density at radius 1 is 0.971 bits per heavy atom.